The SMILES string of the molecule is Nc1cnc2cc(CC3CCCCS3(=O)=O)nn2c1. The van der Waals surface area contributed by atoms with Crippen LogP contribution in [0.1, 0.15) is 25.0 Å². The van der Waals surface area contributed by atoms with Gasteiger partial charge in [0, 0.05) is 12.5 Å². The zero-order valence-corrected chi connectivity index (χ0v) is 11.3. The van der Waals surface area contributed by atoms with Gasteiger partial charge in [0.15, 0.2) is 15.5 Å². The lowest BCUT2D eigenvalue weighted by molar-refractivity contribution is 0.535. The van der Waals surface area contributed by atoms with E-state index in [2.05, 4.69) is 10.1 Å². The third kappa shape index (κ3) is 2.42. The summed E-state index contributed by atoms with van der Waals surface area (Å²) in [5, 5.41) is 4.04. The van der Waals surface area contributed by atoms with Crippen molar-refractivity contribution in [1.29, 1.82) is 0 Å². The van der Waals surface area contributed by atoms with Crippen LogP contribution in [0.15, 0.2) is 18.5 Å². The summed E-state index contributed by atoms with van der Waals surface area (Å²) < 4.78 is 25.6. The Balaban J connectivity index is 1.88. The Hall–Kier alpha value is -1.63. The van der Waals surface area contributed by atoms with Gasteiger partial charge < -0.3 is 5.73 Å². The van der Waals surface area contributed by atoms with Gasteiger partial charge in [-0.2, -0.15) is 5.10 Å². The number of nitrogens with zero attached hydrogens (tertiary/aromatic N) is 3. The van der Waals surface area contributed by atoms with Crippen LogP contribution in [0.4, 0.5) is 5.69 Å². The fourth-order valence-corrected chi connectivity index (χ4v) is 4.41. The molecule has 7 heteroatoms. The number of rotatable bonds is 2. The van der Waals surface area contributed by atoms with Crippen molar-refractivity contribution in [3.8, 4) is 0 Å². The van der Waals surface area contributed by atoms with Crippen LogP contribution in [-0.4, -0.2) is 34.0 Å². The first kappa shape index (κ1) is 12.4. The molecule has 0 saturated carbocycles. The molecule has 1 unspecified atom stereocenters. The maximum Gasteiger partial charge on any atom is 0.155 e. The number of hydrogen-bond acceptors (Lipinski definition) is 5. The highest BCUT2D eigenvalue weighted by Gasteiger charge is 2.29. The lowest BCUT2D eigenvalue weighted by atomic mass is 10.1. The standard InChI is InChI=1S/C12H16N4O2S/c13-9-7-14-12-6-10(15-16(12)8-9)5-11-3-1-2-4-19(11,17)18/h6-8,11H,1-5,13H2. The molecule has 2 aromatic heterocycles. The van der Waals surface area contributed by atoms with E-state index in [0.29, 0.717) is 23.5 Å². The van der Waals surface area contributed by atoms with Crippen molar-refractivity contribution in [2.45, 2.75) is 30.9 Å². The van der Waals surface area contributed by atoms with Gasteiger partial charge in [-0.25, -0.2) is 17.9 Å². The van der Waals surface area contributed by atoms with Crippen molar-refractivity contribution in [3.05, 3.63) is 24.2 Å². The molecular weight excluding hydrogens is 264 g/mol. The van der Waals surface area contributed by atoms with Gasteiger partial charge in [0.2, 0.25) is 0 Å². The molecule has 0 radical (unpaired) electrons. The van der Waals surface area contributed by atoms with E-state index >= 15 is 0 Å². The van der Waals surface area contributed by atoms with Gasteiger partial charge in [0.1, 0.15) is 0 Å². The van der Waals surface area contributed by atoms with Gasteiger partial charge in [0.05, 0.1) is 34.8 Å². The molecule has 1 aliphatic rings. The second-order valence-electron chi connectivity index (χ2n) is 5.01. The van der Waals surface area contributed by atoms with E-state index in [1.54, 1.807) is 16.9 Å². The van der Waals surface area contributed by atoms with Crippen LogP contribution in [0.3, 0.4) is 0 Å². The smallest absolute Gasteiger partial charge is 0.155 e. The number of hydrogen-bond donors (Lipinski definition) is 1. The summed E-state index contributed by atoms with van der Waals surface area (Å²) >= 11 is 0. The van der Waals surface area contributed by atoms with Crippen molar-refractivity contribution in [2.24, 2.45) is 0 Å². The molecule has 0 bridgehead atoms. The molecule has 0 amide bonds. The van der Waals surface area contributed by atoms with Gasteiger partial charge in [-0.1, -0.05) is 6.42 Å². The Bertz CT molecular complexity index is 708. The topological polar surface area (TPSA) is 90.3 Å². The van der Waals surface area contributed by atoms with Crippen molar-refractivity contribution in [3.63, 3.8) is 0 Å². The molecule has 1 saturated heterocycles. The molecule has 1 aliphatic heterocycles. The molecule has 19 heavy (non-hydrogen) atoms. The van der Waals surface area contributed by atoms with E-state index in [-0.39, 0.29) is 5.25 Å². The van der Waals surface area contributed by atoms with E-state index in [1.807, 2.05) is 6.07 Å². The van der Waals surface area contributed by atoms with Crippen molar-refractivity contribution in [2.75, 3.05) is 11.5 Å². The van der Waals surface area contributed by atoms with E-state index in [1.165, 1.54) is 0 Å². The van der Waals surface area contributed by atoms with E-state index in [9.17, 15) is 8.42 Å². The summed E-state index contributed by atoms with van der Waals surface area (Å²) in [5.41, 5.74) is 7.63. The second-order valence-corrected chi connectivity index (χ2v) is 7.42. The molecule has 1 fully saturated rings. The van der Waals surface area contributed by atoms with Crippen molar-refractivity contribution < 1.29 is 8.42 Å². The molecule has 2 aromatic rings. The van der Waals surface area contributed by atoms with Gasteiger partial charge in [-0.3, -0.25) is 0 Å². The lowest BCUT2D eigenvalue weighted by Crippen LogP contribution is -2.30. The van der Waals surface area contributed by atoms with E-state index in [4.69, 9.17) is 5.73 Å². The van der Waals surface area contributed by atoms with Gasteiger partial charge in [-0.05, 0) is 12.8 Å². The molecule has 0 aliphatic carbocycles. The van der Waals surface area contributed by atoms with E-state index in [0.717, 1.165) is 25.0 Å². The van der Waals surface area contributed by atoms with Gasteiger partial charge in [-0.15, -0.1) is 0 Å². The first-order valence-electron chi connectivity index (χ1n) is 6.36. The summed E-state index contributed by atoms with van der Waals surface area (Å²) in [7, 11) is -2.96. The summed E-state index contributed by atoms with van der Waals surface area (Å²) in [5.74, 6) is 0.302. The first-order chi connectivity index (χ1) is 9.04. The van der Waals surface area contributed by atoms with Crippen molar-refractivity contribution >= 4 is 21.2 Å². The molecule has 0 spiro atoms. The summed E-state index contributed by atoms with van der Waals surface area (Å²) in [4.78, 5) is 4.16. The average Bonchev–Trinajstić information content (AvgIpc) is 2.73. The molecular formula is C12H16N4O2S. The van der Waals surface area contributed by atoms with Crippen molar-refractivity contribution in [1.82, 2.24) is 14.6 Å². The molecule has 6 nitrogen and oxygen atoms in total. The van der Waals surface area contributed by atoms with Crippen LogP contribution < -0.4 is 5.73 Å². The highest BCUT2D eigenvalue weighted by molar-refractivity contribution is 7.92. The zero-order valence-electron chi connectivity index (χ0n) is 10.5. The largest absolute Gasteiger partial charge is 0.396 e. The number of nitrogen functional groups attached to an aromatic ring is 1. The minimum absolute atomic E-state index is 0.302. The average molecular weight is 280 g/mol. The predicted molar refractivity (Wildman–Crippen MR) is 72.5 cm³/mol. The summed E-state index contributed by atoms with van der Waals surface area (Å²) in [6.45, 7) is 0. The summed E-state index contributed by atoms with van der Waals surface area (Å²) in [6.07, 6.45) is 6.20. The molecule has 0 aromatic carbocycles. The second kappa shape index (κ2) is 4.48. The Kier molecular flexibility index (Phi) is 2.93. The Morgan fingerprint density at radius 3 is 3.05 bits per heavy atom. The minimum Gasteiger partial charge on any atom is -0.396 e. The Morgan fingerprint density at radius 1 is 1.42 bits per heavy atom. The van der Waals surface area contributed by atoms with Crippen LogP contribution in [0.2, 0.25) is 0 Å². The Morgan fingerprint density at radius 2 is 2.26 bits per heavy atom. The lowest BCUT2D eigenvalue weighted by Gasteiger charge is -2.21. The van der Waals surface area contributed by atoms with Crippen LogP contribution >= 0.6 is 0 Å². The number of sulfone groups is 1. The van der Waals surface area contributed by atoms with E-state index < -0.39 is 9.84 Å². The quantitative estimate of drug-likeness (QED) is 0.879. The van der Waals surface area contributed by atoms with Gasteiger partial charge >= 0.3 is 0 Å². The third-order valence-corrected chi connectivity index (χ3v) is 5.81. The highest BCUT2D eigenvalue weighted by atomic mass is 32.2. The first-order valence-corrected chi connectivity index (χ1v) is 8.07. The fraction of sp³-hybridized carbons (Fsp3) is 0.500. The zero-order chi connectivity index (χ0) is 13.5. The molecule has 2 N–H and O–H groups in total. The number of anilines is 1. The maximum absolute atomic E-state index is 12.0. The monoisotopic (exact) mass is 280 g/mol. The van der Waals surface area contributed by atoms with Crippen LogP contribution in [0, 0.1) is 0 Å². The molecule has 1 atom stereocenters. The summed E-state index contributed by atoms with van der Waals surface area (Å²) in [6, 6.07) is 1.82. The maximum atomic E-state index is 12.0. The van der Waals surface area contributed by atoms with Gasteiger partial charge in [0.25, 0.3) is 0 Å². The van der Waals surface area contributed by atoms with Crippen LogP contribution in [0.25, 0.3) is 5.65 Å². The molecule has 3 heterocycles. The number of fused-ring (bicyclic) bond motifs is 1. The molecule has 102 valence electrons. The van der Waals surface area contributed by atoms with Crippen LogP contribution in [-0.2, 0) is 16.3 Å². The number of aromatic nitrogens is 3. The highest BCUT2D eigenvalue weighted by Crippen LogP contribution is 2.23. The normalized spacial score (nSPS) is 22.6. The predicted octanol–water partition coefficient (Wildman–Crippen LogP) is 0.821. The van der Waals surface area contributed by atoms with Crippen LogP contribution in [0.5, 0.6) is 0 Å². The molecule has 3 rings (SSSR count). The fourth-order valence-electron chi connectivity index (χ4n) is 2.52. The minimum atomic E-state index is -2.96. The third-order valence-electron chi connectivity index (χ3n) is 3.53. The Labute approximate surface area is 111 Å². The number of nitrogens with two attached hydrogens (primary N) is 1.